The quantitative estimate of drug-likeness (QED) is 0.873. The highest BCUT2D eigenvalue weighted by Gasteiger charge is 2.38. The molecule has 1 aromatic heterocycles. The first-order valence-corrected chi connectivity index (χ1v) is 7.45. The zero-order valence-electron chi connectivity index (χ0n) is 13.2. The van der Waals surface area contributed by atoms with Gasteiger partial charge in [-0.1, -0.05) is 6.07 Å². The molecule has 0 spiro atoms. The first-order valence-electron chi connectivity index (χ1n) is 7.45. The number of hydrogen-bond acceptors (Lipinski definition) is 4. The minimum absolute atomic E-state index is 0.0764. The molecule has 0 saturated carbocycles. The van der Waals surface area contributed by atoms with E-state index in [0.29, 0.717) is 24.3 Å². The highest BCUT2D eigenvalue weighted by atomic mass is 16.5. The summed E-state index contributed by atoms with van der Waals surface area (Å²) >= 11 is 0. The van der Waals surface area contributed by atoms with E-state index in [1.807, 2.05) is 13.0 Å². The molecule has 3 rings (SSSR count). The van der Waals surface area contributed by atoms with Gasteiger partial charge >= 0.3 is 0 Å². The zero-order valence-corrected chi connectivity index (χ0v) is 13.2. The first kappa shape index (κ1) is 15.3. The number of ether oxygens (including phenoxy) is 2. The summed E-state index contributed by atoms with van der Waals surface area (Å²) in [7, 11) is 1.63. The molecule has 2 atom stereocenters. The lowest BCUT2D eigenvalue weighted by molar-refractivity contribution is -0.0206. The lowest BCUT2D eigenvalue weighted by atomic mass is 9.88. The van der Waals surface area contributed by atoms with Crippen LogP contribution in [0.2, 0.25) is 0 Å². The first-order chi connectivity index (χ1) is 11.1. The van der Waals surface area contributed by atoms with Crippen molar-refractivity contribution in [3.63, 3.8) is 0 Å². The molecule has 1 aliphatic rings. The van der Waals surface area contributed by atoms with Crippen molar-refractivity contribution in [1.82, 2.24) is 4.57 Å². The molecule has 1 aliphatic heterocycles. The van der Waals surface area contributed by atoms with E-state index < -0.39 is 5.60 Å². The third-order valence-electron chi connectivity index (χ3n) is 4.12. The summed E-state index contributed by atoms with van der Waals surface area (Å²) in [6.07, 6.45) is 2.36. The number of nitrogens with zero attached hydrogens (tertiary/aromatic N) is 2. The monoisotopic (exact) mass is 310 g/mol. The van der Waals surface area contributed by atoms with E-state index in [2.05, 4.69) is 6.07 Å². The van der Waals surface area contributed by atoms with Crippen molar-refractivity contribution in [2.75, 3.05) is 13.7 Å². The molecule has 0 N–H and O–H groups in total. The van der Waals surface area contributed by atoms with Gasteiger partial charge in [0.1, 0.15) is 11.4 Å². The van der Waals surface area contributed by atoms with Crippen LogP contribution in [-0.4, -0.2) is 23.9 Å². The van der Waals surface area contributed by atoms with Gasteiger partial charge in [-0.15, -0.1) is 0 Å². The Labute approximate surface area is 134 Å². The van der Waals surface area contributed by atoms with Crippen molar-refractivity contribution in [3.05, 3.63) is 64.1 Å². The Morgan fingerprint density at radius 2 is 2.26 bits per heavy atom. The van der Waals surface area contributed by atoms with Crippen LogP contribution in [0.15, 0.2) is 47.4 Å². The maximum atomic E-state index is 12.3. The summed E-state index contributed by atoms with van der Waals surface area (Å²) in [4.78, 5) is 12.3. The number of benzene rings is 1. The molecule has 5 heteroatoms. The standard InChI is InChI=1S/C18H18N2O3/c1-18(12-22-2)10-15(20-8-4-3-5-17(20)21)14-9-13(11-19)6-7-16(14)23-18/h3-9,15H,10,12H2,1-2H3. The maximum Gasteiger partial charge on any atom is 0.251 e. The molecule has 0 radical (unpaired) electrons. The normalized spacial score (nSPS) is 22.7. The molecule has 0 saturated heterocycles. The molecule has 0 bridgehead atoms. The fraction of sp³-hybridized carbons (Fsp3) is 0.333. The molecule has 23 heavy (non-hydrogen) atoms. The van der Waals surface area contributed by atoms with Crippen LogP contribution in [0.5, 0.6) is 5.75 Å². The van der Waals surface area contributed by atoms with E-state index in [4.69, 9.17) is 14.7 Å². The predicted octanol–water partition coefficient (Wildman–Crippen LogP) is 2.50. The van der Waals surface area contributed by atoms with E-state index in [-0.39, 0.29) is 11.6 Å². The Balaban J connectivity index is 2.16. The second-order valence-corrected chi connectivity index (χ2v) is 6.02. The smallest absolute Gasteiger partial charge is 0.251 e. The molecule has 5 nitrogen and oxygen atoms in total. The number of fused-ring (bicyclic) bond motifs is 1. The van der Waals surface area contributed by atoms with Crippen LogP contribution in [0.25, 0.3) is 0 Å². The maximum absolute atomic E-state index is 12.3. The largest absolute Gasteiger partial charge is 0.485 e. The number of hydrogen-bond donors (Lipinski definition) is 0. The Kier molecular flexibility index (Phi) is 3.93. The van der Waals surface area contributed by atoms with Crippen LogP contribution in [0.1, 0.15) is 30.5 Å². The Morgan fingerprint density at radius 3 is 2.96 bits per heavy atom. The van der Waals surface area contributed by atoms with E-state index in [1.165, 1.54) is 6.07 Å². The number of aromatic nitrogens is 1. The molecule has 0 amide bonds. The second-order valence-electron chi connectivity index (χ2n) is 6.02. The highest BCUT2D eigenvalue weighted by Crippen LogP contribution is 2.41. The summed E-state index contributed by atoms with van der Waals surface area (Å²) in [5.41, 5.74) is 0.797. The van der Waals surface area contributed by atoms with Crippen molar-refractivity contribution in [1.29, 1.82) is 5.26 Å². The highest BCUT2D eigenvalue weighted by molar-refractivity contribution is 5.46. The van der Waals surface area contributed by atoms with Crippen LogP contribution in [0.4, 0.5) is 0 Å². The Morgan fingerprint density at radius 1 is 1.43 bits per heavy atom. The lowest BCUT2D eigenvalue weighted by Gasteiger charge is -2.40. The number of rotatable bonds is 3. The van der Waals surface area contributed by atoms with Gasteiger partial charge in [-0.3, -0.25) is 4.79 Å². The zero-order chi connectivity index (χ0) is 16.4. The summed E-state index contributed by atoms with van der Waals surface area (Å²) in [5, 5.41) is 9.16. The third kappa shape index (κ3) is 2.86. The number of pyridine rings is 1. The molecule has 2 unspecified atom stereocenters. The molecule has 118 valence electrons. The van der Waals surface area contributed by atoms with Crippen molar-refractivity contribution in [2.45, 2.75) is 25.0 Å². The predicted molar refractivity (Wildman–Crippen MR) is 85.5 cm³/mol. The van der Waals surface area contributed by atoms with Gasteiger partial charge in [0.15, 0.2) is 0 Å². The summed E-state index contributed by atoms with van der Waals surface area (Å²) < 4.78 is 13.1. The fourth-order valence-electron chi connectivity index (χ4n) is 3.14. The minimum atomic E-state index is -0.532. The van der Waals surface area contributed by atoms with Gasteiger partial charge in [0, 0.05) is 31.4 Å². The molecule has 0 fully saturated rings. The van der Waals surface area contributed by atoms with Gasteiger partial charge in [-0.2, -0.15) is 5.26 Å². The van der Waals surface area contributed by atoms with Crippen molar-refractivity contribution >= 4 is 0 Å². The van der Waals surface area contributed by atoms with Crippen LogP contribution >= 0.6 is 0 Å². The number of methoxy groups -OCH3 is 1. The van der Waals surface area contributed by atoms with E-state index in [1.54, 1.807) is 42.1 Å². The average Bonchev–Trinajstić information content (AvgIpc) is 2.54. The average molecular weight is 310 g/mol. The van der Waals surface area contributed by atoms with Crippen molar-refractivity contribution in [3.8, 4) is 11.8 Å². The second kappa shape index (κ2) is 5.90. The number of nitriles is 1. The molecule has 1 aromatic carbocycles. The van der Waals surface area contributed by atoms with Gasteiger partial charge in [0.2, 0.25) is 0 Å². The fourth-order valence-corrected chi connectivity index (χ4v) is 3.14. The van der Waals surface area contributed by atoms with E-state index in [9.17, 15) is 4.79 Å². The van der Waals surface area contributed by atoms with Gasteiger partial charge < -0.3 is 14.0 Å². The van der Waals surface area contributed by atoms with Gasteiger partial charge in [-0.25, -0.2) is 0 Å². The van der Waals surface area contributed by atoms with Gasteiger partial charge in [0.05, 0.1) is 24.3 Å². The molecular weight excluding hydrogens is 292 g/mol. The van der Waals surface area contributed by atoms with Crippen molar-refractivity contribution < 1.29 is 9.47 Å². The lowest BCUT2D eigenvalue weighted by Crippen LogP contribution is -2.44. The van der Waals surface area contributed by atoms with Crippen LogP contribution in [0, 0.1) is 11.3 Å². The van der Waals surface area contributed by atoms with Gasteiger partial charge in [-0.05, 0) is 31.2 Å². The third-order valence-corrected chi connectivity index (χ3v) is 4.12. The van der Waals surface area contributed by atoms with Crippen LogP contribution in [-0.2, 0) is 4.74 Å². The van der Waals surface area contributed by atoms with Crippen LogP contribution < -0.4 is 10.3 Å². The van der Waals surface area contributed by atoms with Crippen molar-refractivity contribution in [2.24, 2.45) is 0 Å². The van der Waals surface area contributed by atoms with Gasteiger partial charge in [0.25, 0.3) is 5.56 Å². The summed E-state index contributed by atoms with van der Waals surface area (Å²) in [6, 6.07) is 12.4. The summed E-state index contributed by atoms with van der Waals surface area (Å²) in [5.74, 6) is 0.690. The summed E-state index contributed by atoms with van der Waals surface area (Å²) in [6.45, 7) is 2.39. The van der Waals surface area contributed by atoms with E-state index in [0.717, 1.165) is 5.56 Å². The molecule has 0 aliphatic carbocycles. The van der Waals surface area contributed by atoms with Crippen LogP contribution in [0.3, 0.4) is 0 Å². The molecule has 2 aromatic rings. The van der Waals surface area contributed by atoms with E-state index >= 15 is 0 Å². The molecular formula is C18H18N2O3. The SMILES string of the molecule is COCC1(C)CC(n2ccccc2=O)c2cc(C#N)ccc2O1. The Hall–Kier alpha value is -2.58. The molecule has 2 heterocycles. The topological polar surface area (TPSA) is 64.2 Å². The minimum Gasteiger partial charge on any atom is -0.485 e. The Bertz CT molecular complexity index is 822.